The number of rotatable bonds is 6. The molecule has 1 aliphatic heterocycles. The van der Waals surface area contributed by atoms with Crippen molar-refractivity contribution in [1.29, 1.82) is 0 Å². The van der Waals surface area contributed by atoms with Gasteiger partial charge in [0.1, 0.15) is 11.3 Å². The molecule has 136 valence electrons. The van der Waals surface area contributed by atoms with Crippen LogP contribution in [-0.4, -0.2) is 31.7 Å². The van der Waals surface area contributed by atoms with Crippen molar-refractivity contribution in [1.82, 2.24) is 10.6 Å². The fraction of sp³-hybridized carbons (Fsp3) is 0.550. The van der Waals surface area contributed by atoms with Crippen molar-refractivity contribution < 1.29 is 13.9 Å². The van der Waals surface area contributed by atoms with Crippen LogP contribution in [0.4, 0.5) is 0 Å². The SMILES string of the molecule is Cc1c(C(NCC(=O)NC2CCOCC2)C(C)C)oc2ccccc12. The van der Waals surface area contributed by atoms with Crippen molar-refractivity contribution >= 4 is 16.9 Å². The lowest BCUT2D eigenvalue weighted by atomic mass is 9.98. The van der Waals surface area contributed by atoms with Crippen molar-refractivity contribution in [2.45, 2.75) is 45.7 Å². The summed E-state index contributed by atoms with van der Waals surface area (Å²) in [5, 5.41) is 7.62. The number of furan rings is 1. The zero-order valence-electron chi connectivity index (χ0n) is 15.3. The Hall–Kier alpha value is -1.85. The molecule has 0 spiro atoms. The van der Waals surface area contributed by atoms with Gasteiger partial charge in [-0.15, -0.1) is 0 Å². The molecule has 2 aromatic rings. The topological polar surface area (TPSA) is 63.5 Å². The fourth-order valence-corrected chi connectivity index (χ4v) is 3.44. The van der Waals surface area contributed by atoms with Gasteiger partial charge < -0.3 is 14.5 Å². The summed E-state index contributed by atoms with van der Waals surface area (Å²) in [4.78, 5) is 12.3. The Morgan fingerprint density at radius 1 is 1.24 bits per heavy atom. The Labute approximate surface area is 149 Å². The second kappa shape index (κ2) is 8.02. The summed E-state index contributed by atoms with van der Waals surface area (Å²) in [6, 6.07) is 8.30. The van der Waals surface area contributed by atoms with E-state index in [-0.39, 0.29) is 24.5 Å². The average molecular weight is 344 g/mol. The highest BCUT2D eigenvalue weighted by Crippen LogP contribution is 2.32. The van der Waals surface area contributed by atoms with Gasteiger partial charge >= 0.3 is 0 Å². The number of ether oxygens (including phenoxy) is 1. The van der Waals surface area contributed by atoms with Crippen LogP contribution in [0.25, 0.3) is 11.0 Å². The van der Waals surface area contributed by atoms with Gasteiger partial charge in [0.2, 0.25) is 5.91 Å². The normalized spacial score (nSPS) is 17.1. The molecule has 1 unspecified atom stereocenters. The fourth-order valence-electron chi connectivity index (χ4n) is 3.44. The van der Waals surface area contributed by atoms with E-state index in [0.29, 0.717) is 5.92 Å². The Bertz CT molecular complexity index is 717. The molecule has 25 heavy (non-hydrogen) atoms. The molecule has 3 rings (SSSR count). The lowest BCUT2D eigenvalue weighted by Crippen LogP contribution is -2.44. The van der Waals surface area contributed by atoms with E-state index in [9.17, 15) is 4.79 Å². The molecule has 1 fully saturated rings. The summed E-state index contributed by atoms with van der Waals surface area (Å²) < 4.78 is 11.4. The number of hydrogen-bond acceptors (Lipinski definition) is 4. The molecule has 1 aromatic heterocycles. The number of amides is 1. The van der Waals surface area contributed by atoms with Crippen molar-refractivity contribution in [2.24, 2.45) is 5.92 Å². The first-order valence-electron chi connectivity index (χ1n) is 9.14. The van der Waals surface area contributed by atoms with E-state index in [1.807, 2.05) is 18.2 Å². The third-order valence-electron chi connectivity index (χ3n) is 4.90. The monoisotopic (exact) mass is 344 g/mol. The van der Waals surface area contributed by atoms with E-state index in [1.54, 1.807) is 0 Å². The maximum absolute atomic E-state index is 12.3. The smallest absolute Gasteiger partial charge is 0.234 e. The van der Waals surface area contributed by atoms with Gasteiger partial charge in [-0.25, -0.2) is 0 Å². The summed E-state index contributed by atoms with van der Waals surface area (Å²) in [5.41, 5.74) is 2.04. The molecule has 1 amide bonds. The van der Waals surface area contributed by atoms with Crippen LogP contribution in [0.15, 0.2) is 28.7 Å². The van der Waals surface area contributed by atoms with Crippen molar-refractivity contribution in [2.75, 3.05) is 19.8 Å². The van der Waals surface area contributed by atoms with Crippen molar-refractivity contribution in [3.05, 3.63) is 35.6 Å². The van der Waals surface area contributed by atoms with Gasteiger partial charge in [0, 0.05) is 24.6 Å². The molecular weight excluding hydrogens is 316 g/mol. The number of carbonyl (C=O) groups is 1. The van der Waals surface area contributed by atoms with E-state index in [2.05, 4.69) is 37.5 Å². The van der Waals surface area contributed by atoms with Crippen LogP contribution >= 0.6 is 0 Å². The van der Waals surface area contributed by atoms with Crippen LogP contribution in [0.2, 0.25) is 0 Å². The number of fused-ring (bicyclic) bond motifs is 1. The predicted molar refractivity (Wildman–Crippen MR) is 98.5 cm³/mol. The Balaban J connectivity index is 1.66. The molecule has 0 bridgehead atoms. The molecule has 0 aliphatic carbocycles. The summed E-state index contributed by atoms with van der Waals surface area (Å²) in [5.74, 6) is 1.27. The minimum Gasteiger partial charge on any atom is -0.459 e. The zero-order valence-corrected chi connectivity index (χ0v) is 15.3. The number of nitrogens with one attached hydrogen (secondary N) is 2. The van der Waals surface area contributed by atoms with Crippen LogP contribution in [0.5, 0.6) is 0 Å². The first-order valence-corrected chi connectivity index (χ1v) is 9.14. The van der Waals surface area contributed by atoms with Gasteiger partial charge in [0.15, 0.2) is 0 Å². The second-order valence-corrected chi connectivity index (χ2v) is 7.14. The van der Waals surface area contributed by atoms with Crippen LogP contribution in [0.1, 0.15) is 44.1 Å². The average Bonchev–Trinajstić information content (AvgIpc) is 2.93. The third-order valence-corrected chi connectivity index (χ3v) is 4.90. The summed E-state index contributed by atoms with van der Waals surface area (Å²) in [6.07, 6.45) is 1.78. The maximum Gasteiger partial charge on any atom is 0.234 e. The second-order valence-electron chi connectivity index (χ2n) is 7.14. The van der Waals surface area contributed by atoms with Crippen LogP contribution < -0.4 is 10.6 Å². The number of para-hydroxylation sites is 1. The Morgan fingerprint density at radius 3 is 2.64 bits per heavy atom. The molecule has 1 saturated heterocycles. The molecule has 5 nitrogen and oxygen atoms in total. The summed E-state index contributed by atoms with van der Waals surface area (Å²) in [6.45, 7) is 8.11. The molecule has 0 radical (unpaired) electrons. The number of aryl methyl sites for hydroxylation is 1. The van der Waals surface area contributed by atoms with Crippen LogP contribution in [0, 0.1) is 12.8 Å². The standard InChI is InChI=1S/C20H28N2O3/c1-13(2)19(20-14(3)16-6-4-5-7-17(16)25-20)21-12-18(23)22-15-8-10-24-11-9-15/h4-7,13,15,19,21H,8-12H2,1-3H3,(H,22,23). The van der Waals surface area contributed by atoms with Gasteiger partial charge in [-0.3, -0.25) is 10.1 Å². The molecule has 2 heterocycles. The Kier molecular flexibility index (Phi) is 5.76. The quantitative estimate of drug-likeness (QED) is 0.844. The number of carbonyl (C=O) groups excluding carboxylic acids is 1. The van der Waals surface area contributed by atoms with E-state index in [1.165, 1.54) is 0 Å². The maximum atomic E-state index is 12.3. The number of benzene rings is 1. The molecule has 0 saturated carbocycles. The summed E-state index contributed by atoms with van der Waals surface area (Å²) >= 11 is 0. The first kappa shape index (κ1) is 18.0. The van der Waals surface area contributed by atoms with E-state index < -0.39 is 0 Å². The highest BCUT2D eigenvalue weighted by molar-refractivity contribution is 5.82. The van der Waals surface area contributed by atoms with Gasteiger partial charge in [-0.2, -0.15) is 0 Å². The zero-order chi connectivity index (χ0) is 17.8. The Morgan fingerprint density at radius 2 is 1.96 bits per heavy atom. The molecule has 1 aliphatic rings. The minimum atomic E-state index is 0.00726. The van der Waals surface area contributed by atoms with Crippen molar-refractivity contribution in [3.8, 4) is 0 Å². The van der Waals surface area contributed by atoms with E-state index in [4.69, 9.17) is 9.15 Å². The van der Waals surface area contributed by atoms with Crippen LogP contribution in [0.3, 0.4) is 0 Å². The third kappa shape index (κ3) is 4.22. The highest BCUT2D eigenvalue weighted by atomic mass is 16.5. The van der Waals surface area contributed by atoms with Gasteiger partial charge in [0.25, 0.3) is 0 Å². The molecule has 1 aromatic carbocycles. The van der Waals surface area contributed by atoms with E-state index >= 15 is 0 Å². The van der Waals surface area contributed by atoms with E-state index in [0.717, 1.165) is 48.3 Å². The number of hydrogen-bond donors (Lipinski definition) is 2. The summed E-state index contributed by atoms with van der Waals surface area (Å²) in [7, 11) is 0. The van der Waals surface area contributed by atoms with Gasteiger partial charge in [-0.1, -0.05) is 32.0 Å². The first-order chi connectivity index (χ1) is 12.1. The molecule has 2 N–H and O–H groups in total. The molecule has 5 heteroatoms. The van der Waals surface area contributed by atoms with Crippen LogP contribution in [-0.2, 0) is 9.53 Å². The lowest BCUT2D eigenvalue weighted by Gasteiger charge is -2.25. The largest absolute Gasteiger partial charge is 0.459 e. The van der Waals surface area contributed by atoms with Crippen molar-refractivity contribution in [3.63, 3.8) is 0 Å². The van der Waals surface area contributed by atoms with Gasteiger partial charge in [0.05, 0.1) is 12.6 Å². The van der Waals surface area contributed by atoms with Gasteiger partial charge in [-0.05, 0) is 37.3 Å². The highest BCUT2D eigenvalue weighted by Gasteiger charge is 2.24. The predicted octanol–water partition coefficient (Wildman–Crippen LogP) is 3.32. The molecular formula is C20H28N2O3. The molecule has 1 atom stereocenters. The lowest BCUT2D eigenvalue weighted by molar-refractivity contribution is -0.121. The minimum absolute atomic E-state index is 0.00726.